The van der Waals surface area contributed by atoms with Gasteiger partial charge in [-0.2, -0.15) is 0 Å². The molecular weight excluding hydrogens is 575 g/mol. The first-order valence-corrected chi connectivity index (χ1v) is 14.8. The zero-order valence-corrected chi connectivity index (χ0v) is 24.8. The molecule has 1 amide bonds. The van der Waals surface area contributed by atoms with Gasteiger partial charge in [0.2, 0.25) is 0 Å². The van der Waals surface area contributed by atoms with Crippen molar-refractivity contribution < 1.29 is 14.3 Å². The van der Waals surface area contributed by atoms with Crippen molar-refractivity contribution in [1.29, 1.82) is 0 Å². The molecule has 1 aliphatic rings. The van der Waals surface area contributed by atoms with Crippen LogP contribution in [0.25, 0.3) is 6.08 Å². The molecule has 0 unspecified atom stereocenters. The van der Waals surface area contributed by atoms with Gasteiger partial charge in [0, 0.05) is 6.54 Å². The van der Waals surface area contributed by atoms with E-state index in [2.05, 4.69) is 12.1 Å². The maximum atomic E-state index is 13.6. The van der Waals surface area contributed by atoms with Gasteiger partial charge < -0.3 is 9.47 Å². The molecule has 41 heavy (non-hydrogen) atoms. The molecule has 1 fully saturated rings. The molecule has 0 spiro atoms. The molecule has 0 saturated carbocycles. The van der Waals surface area contributed by atoms with Gasteiger partial charge in [-0.1, -0.05) is 83.9 Å². The highest BCUT2D eigenvalue weighted by atomic mass is 35.5. The Kier molecular flexibility index (Phi) is 9.67. The van der Waals surface area contributed by atoms with E-state index >= 15 is 0 Å². The Morgan fingerprint density at radius 2 is 1.59 bits per heavy atom. The number of carbonyl (C=O) groups is 1. The number of hydrogen-bond donors (Lipinski definition) is 0. The fourth-order valence-corrected chi connectivity index (χ4v) is 5.58. The summed E-state index contributed by atoms with van der Waals surface area (Å²) >= 11 is 13.6. The monoisotopic (exact) mass is 602 g/mol. The van der Waals surface area contributed by atoms with Crippen LogP contribution in [0.5, 0.6) is 11.5 Å². The second-order valence-electron chi connectivity index (χ2n) is 9.21. The van der Waals surface area contributed by atoms with Crippen LogP contribution in [0.1, 0.15) is 23.6 Å². The van der Waals surface area contributed by atoms with Crippen LogP contribution in [0.15, 0.2) is 107 Å². The Bertz CT molecular complexity index is 1580. The molecule has 8 heteroatoms. The first-order valence-electron chi connectivity index (χ1n) is 13.2. The van der Waals surface area contributed by atoms with Gasteiger partial charge in [-0.3, -0.25) is 9.69 Å². The quantitative estimate of drug-likeness (QED) is 0.170. The van der Waals surface area contributed by atoms with Gasteiger partial charge in [0.15, 0.2) is 16.7 Å². The smallest absolute Gasteiger partial charge is 0.266 e. The second-order valence-corrected chi connectivity index (χ2v) is 11.0. The number of halogens is 2. The van der Waals surface area contributed by atoms with Crippen LogP contribution in [0.4, 0.5) is 5.69 Å². The van der Waals surface area contributed by atoms with E-state index in [0.29, 0.717) is 51.4 Å². The number of amides is 1. The topological polar surface area (TPSA) is 51.1 Å². The molecule has 1 saturated heterocycles. The van der Waals surface area contributed by atoms with Gasteiger partial charge in [-0.25, -0.2) is 4.99 Å². The van der Waals surface area contributed by atoms with E-state index in [1.807, 2.05) is 85.8 Å². The van der Waals surface area contributed by atoms with Crippen molar-refractivity contribution in [1.82, 2.24) is 4.90 Å². The number of carbonyl (C=O) groups excluding carboxylic acids is 1. The lowest BCUT2D eigenvalue weighted by Gasteiger charge is -2.15. The van der Waals surface area contributed by atoms with Crippen molar-refractivity contribution in [3.05, 3.63) is 129 Å². The van der Waals surface area contributed by atoms with Crippen molar-refractivity contribution in [2.24, 2.45) is 4.99 Å². The lowest BCUT2D eigenvalue weighted by atomic mass is 10.1. The fraction of sp³-hybridized carbons (Fsp3) is 0.152. The minimum atomic E-state index is -0.0708. The summed E-state index contributed by atoms with van der Waals surface area (Å²) in [6.07, 6.45) is 2.61. The average Bonchev–Trinajstić information content (AvgIpc) is 3.27. The number of rotatable bonds is 10. The van der Waals surface area contributed by atoms with Crippen LogP contribution in [-0.2, 0) is 17.8 Å². The largest absolute Gasteiger partial charge is 0.490 e. The molecule has 5 nitrogen and oxygen atoms in total. The molecule has 1 heterocycles. The molecule has 0 radical (unpaired) electrons. The number of nitrogens with zero attached hydrogens (tertiary/aromatic N) is 2. The van der Waals surface area contributed by atoms with Crippen molar-refractivity contribution in [3.63, 3.8) is 0 Å². The molecule has 0 aliphatic carbocycles. The fourth-order valence-electron chi connectivity index (χ4n) is 4.23. The highest BCUT2D eigenvalue weighted by Crippen LogP contribution is 2.36. The van der Waals surface area contributed by atoms with Gasteiger partial charge in [0.1, 0.15) is 6.61 Å². The number of aliphatic imine (C=N–C) groups is 1. The average molecular weight is 604 g/mol. The Labute approximate surface area is 254 Å². The molecule has 0 atom stereocenters. The van der Waals surface area contributed by atoms with Crippen molar-refractivity contribution in [2.45, 2.75) is 20.0 Å². The molecule has 4 aromatic carbocycles. The predicted molar refractivity (Wildman–Crippen MR) is 169 cm³/mol. The second kappa shape index (κ2) is 13.8. The minimum Gasteiger partial charge on any atom is -0.490 e. The summed E-state index contributed by atoms with van der Waals surface area (Å²) in [5.74, 6) is 1.12. The van der Waals surface area contributed by atoms with Crippen LogP contribution in [-0.4, -0.2) is 29.1 Å². The molecule has 208 valence electrons. The first kappa shape index (κ1) is 28.8. The third kappa shape index (κ3) is 7.53. The number of ether oxygens (including phenoxy) is 2. The van der Waals surface area contributed by atoms with Crippen LogP contribution in [0, 0.1) is 0 Å². The summed E-state index contributed by atoms with van der Waals surface area (Å²) in [4.78, 5) is 20.8. The SMILES string of the molecule is CCOc1cc(/C=C2/SC(=Nc3ccccc3)N(CCc3ccccc3)C2=O)ccc1OCc1ccc(Cl)c(Cl)c1. The maximum absolute atomic E-state index is 13.6. The van der Waals surface area contributed by atoms with Crippen LogP contribution in [0.2, 0.25) is 10.0 Å². The van der Waals surface area contributed by atoms with Crippen LogP contribution < -0.4 is 9.47 Å². The molecular formula is C33H28Cl2N2O3S. The summed E-state index contributed by atoms with van der Waals surface area (Å²) in [5, 5.41) is 1.64. The van der Waals surface area contributed by atoms with Gasteiger partial charge in [0.05, 0.1) is 27.2 Å². The van der Waals surface area contributed by atoms with Gasteiger partial charge in [-0.05, 0) is 84.3 Å². The Morgan fingerprint density at radius 3 is 2.32 bits per heavy atom. The Balaban J connectivity index is 1.38. The standard InChI is InChI=1S/C33H28Cl2N2O3S/c1-2-39-30-20-24(14-16-29(30)40-22-25-13-15-27(34)28(35)19-25)21-31-32(38)37(18-17-23-9-5-3-6-10-23)33(41-31)36-26-11-7-4-8-12-26/h3-16,19-21H,2,17-18,22H2,1H3/b31-21+,36-33?. The number of para-hydroxylation sites is 1. The number of hydrogen-bond acceptors (Lipinski definition) is 5. The lowest BCUT2D eigenvalue weighted by molar-refractivity contribution is -0.122. The number of benzene rings is 4. The van der Waals surface area contributed by atoms with E-state index in [9.17, 15) is 4.79 Å². The van der Waals surface area contributed by atoms with E-state index < -0.39 is 0 Å². The summed E-state index contributed by atoms with van der Waals surface area (Å²) in [5.41, 5.74) is 3.69. The minimum absolute atomic E-state index is 0.0708. The molecule has 1 aliphatic heterocycles. The molecule has 4 aromatic rings. The zero-order valence-electron chi connectivity index (χ0n) is 22.4. The van der Waals surface area contributed by atoms with Crippen molar-refractivity contribution in [2.75, 3.05) is 13.2 Å². The van der Waals surface area contributed by atoms with Crippen molar-refractivity contribution >= 4 is 57.8 Å². The van der Waals surface area contributed by atoms with E-state index in [1.54, 1.807) is 17.0 Å². The zero-order chi connectivity index (χ0) is 28.6. The van der Waals surface area contributed by atoms with Crippen LogP contribution in [0.3, 0.4) is 0 Å². The Morgan fingerprint density at radius 1 is 0.829 bits per heavy atom. The van der Waals surface area contributed by atoms with E-state index in [1.165, 1.54) is 17.3 Å². The summed E-state index contributed by atoms with van der Waals surface area (Å²) in [7, 11) is 0. The number of thioether (sulfide) groups is 1. The highest BCUT2D eigenvalue weighted by molar-refractivity contribution is 8.18. The van der Waals surface area contributed by atoms with E-state index in [4.69, 9.17) is 37.7 Å². The van der Waals surface area contributed by atoms with Crippen LogP contribution >= 0.6 is 35.0 Å². The van der Waals surface area contributed by atoms with Gasteiger partial charge in [0.25, 0.3) is 5.91 Å². The number of amidine groups is 1. The lowest BCUT2D eigenvalue weighted by Crippen LogP contribution is -2.31. The maximum Gasteiger partial charge on any atom is 0.266 e. The normalized spacial score (nSPS) is 15.1. The summed E-state index contributed by atoms with van der Waals surface area (Å²) < 4.78 is 11.9. The first-order chi connectivity index (χ1) is 20.0. The third-order valence-corrected chi connectivity index (χ3v) is 8.03. The van der Waals surface area contributed by atoms with Gasteiger partial charge in [-0.15, -0.1) is 0 Å². The Hall–Kier alpha value is -3.71. The van der Waals surface area contributed by atoms with Crippen molar-refractivity contribution in [3.8, 4) is 11.5 Å². The summed E-state index contributed by atoms with van der Waals surface area (Å²) in [6.45, 7) is 3.23. The molecule has 0 bridgehead atoms. The predicted octanol–water partition coefficient (Wildman–Crippen LogP) is 8.82. The van der Waals surface area contributed by atoms with Gasteiger partial charge >= 0.3 is 0 Å². The van der Waals surface area contributed by atoms with E-state index in [0.717, 1.165) is 23.2 Å². The third-order valence-electron chi connectivity index (χ3n) is 6.28. The molecule has 0 aromatic heterocycles. The molecule has 5 rings (SSSR count). The summed E-state index contributed by atoms with van der Waals surface area (Å²) in [6, 6.07) is 30.9. The highest BCUT2D eigenvalue weighted by Gasteiger charge is 2.33. The molecule has 0 N–H and O–H groups in total. The van der Waals surface area contributed by atoms with E-state index in [-0.39, 0.29) is 5.91 Å².